The van der Waals surface area contributed by atoms with Crippen molar-refractivity contribution in [1.29, 1.82) is 0 Å². The molecule has 0 spiro atoms. The highest BCUT2D eigenvalue weighted by Crippen LogP contribution is 1.96. The first-order valence-corrected chi connectivity index (χ1v) is 5.09. The maximum absolute atomic E-state index is 2.41. The summed E-state index contributed by atoms with van der Waals surface area (Å²) in [5, 5.41) is 0. The lowest BCUT2D eigenvalue weighted by Crippen LogP contribution is -1.73. The van der Waals surface area contributed by atoms with E-state index in [1.54, 1.807) is 0 Å². The predicted molar refractivity (Wildman–Crippen MR) is 47.0 cm³/mol. The summed E-state index contributed by atoms with van der Waals surface area (Å²) < 4.78 is 2.64. The molecule has 0 unspecified atom stereocenters. The van der Waals surface area contributed by atoms with Gasteiger partial charge in [-0.05, 0) is 21.7 Å². The minimum Gasteiger partial charge on any atom is -0.0864 e. The van der Waals surface area contributed by atoms with Gasteiger partial charge in [0.1, 0.15) is 0 Å². The van der Waals surface area contributed by atoms with Gasteiger partial charge in [0.15, 0.2) is 0 Å². The fourth-order valence-corrected chi connectivity index (χ4v) is 1.27. The Hall–Kier alpha value is 1.46. The van der Waals surface area contributed by atoms with Crippen molar-refractivity contribution in [3.63, 3.8) is 0 Å². The standard InChI is InChI=1S/C4H8I2/c5-3-1-2-4-6/h1-4H2/i1+1,2+1,3+1,4+1. The van der Waals surface area contributed by atoms with Gasteiger partial charge < -0.3 is 0 Å². The molecule has 0 amide bonds. The first-order chi connectivity index (χ1) is 2.91. The van der Waals surface area contributed by atoms with Gasteiger partial charge in [-0.2, -0.15) is 0 Å². The first kappa shape index (κ1) is 7.46. The molecule has 0 aromatic heterocycles. The van der Waals surface area contributed by atoms with Crippen LogP contribution < -0.4 is 0 Å². The SMILES string of the molecule is I[13CH2][13CH2][13CH2][13CH2]I. The molecule has 0 saturated heterocycles. The third-order valence-electron chi connectivity index (χ3n) is 0.517. The third-order valence-corrected chi connectivity index (χ3v) is 2.04. The maximum atomic E-state index is 2.41. The summed E-state index contributed by atoms with van der Waals surface area (Å²) >= 11 is 4.81. The van der Waals surface area contributed by atoms with Crippen LogP contribution in [0.15, 0.2) is 0 Å². The lowest BCUT2D eigenvalue weighted by atomic mass is 11.4. The Morgan fingerprint density at radius 3 is 1.33 bits per heavy atom. The summed E-state index contributed by atoms with van der Waals surface area (Å²) in [7, 11) is 0. The normalized spacial score (nSPS) is 9.00. The molecule has 0 fully saturated rings. The quantitative estimate of drug-likeness (QED) is 0.325. The monoisotopic (exact) mass is 314 g/mol. The van der Waals surface area contributed by atoms with Crippen molar-refractivity contribution in [1.82, 2.24) is 0 Å². The van der Waals surface area contributed by atoms with Crippen LogP contribution in [-0.4, -0.2) is 8.86 Å². The molecule has 0 aliphatic carbocycles. The fourth-order valence-electron chi connectivity index (χ4n) is 0.189. The highest BCUT2D eigenvalue weighted by atomic mass is 127. The second kappa shape index (κ2) is 6.46. The van der Waals surface area contributed by atoms with E-state index in [2.05, 4.69) is 45.2 Å². The van der Waals surface area contributed by atoms with Crippen molar-refractivity contribution in [3.05, 3.63) is 0 Å². The van der Waals surface area contributed by atoms with Gasteiger partial charge in [-0.1, -0.05) is 45.2 Å². The highest BCUT2D eigenvalue weighted by Gasteiger charge is 1.77. The minimum absolute atomic E-state index is 1.32. The second-order valence-corrected chi connectivity index (χ2v) is 3.24. The van der Waals surface area contributed by atoms with Gasteiger partial charge in [-0.25, -0.2) is 0 Å². The van der Waals surface area contributed by atoms with Crippen LogP contribution in [0.1, 0.15) is 12.8 Å². The molecule has 38 valence electrons. The largest absolute Gasteiger partial charge is 0.0864 e. The van der Waals surface area contributed by atoms with E-state index in [0.29, 0.717) is 0 Å². The van der Waals surface area contributed by atoms with Gasteiger partial charge in [-0.3, -0.25) is 0 Å². The van der Waals surface area contributed by atoms with Crippen molar-refractivity contribution >= 4 is 45.2 Å². The molecule has 0 aromatic rings. The van der Waals surface area contributed by atoms with E-state index in [-0.39, 0.29) is 0 Å². The lowest BCUT2D eigenvalue weighted by Gasteiger charge is -1.83. The summed E-state index contributed by atoms with van der Waals surface area (Å²) in [5.74, 6) is 0. The minimum atomic E-state index is 1.32. The van der Waals surface area contributed by atoms with Crippen LogP contribution in [0, 0.1) is 0 Å². The molecular formula is C4H8I2. The summed E-state index contributed by atoms with van der Waals surface area (Å²) in [4.78, 5) is 0. The molecule has 2 heteroatoms. The Labute approximate surface area is 66.4 Å². The van der Waals surface area contributed by atoms with Crippen LogP contribution in [0.4, 0.5) is 0 Å². The van der Waals surface area contributed by atoms with Crippen molar-refractivity contribution in [2.75, 3.05) is 8.86 Å². The predicted octanol–water partition coefficient (Wildman–Crippen LogP) is 2.64. The number of alkyl halides is 2. The molecule has 0 aliphatic heterocycles. The number of rotatable bonds is 3. The Balaban J connectivity index is 2.34. The molecule has 0 rings (SSSR count). The molecule has 0 radical (unpaired) electrons. The van der Waals surface area contributed by atoms with E-state index in [0.717, 1.165) is 0 Å². The van der Waals surface area contributed by atoms with Gasteiger partial charge in [0.2, 0.25) is 0 Å². The van der Waals surface area contributed by atoms with Crippen molar-refractivity contribution in [3.8, 4) is 0 Å². The molecular weight excluding hydrogens is 306 g/mol. The Kier molecular flexibility index (Phi) is 8.03. The average Bonchev–Trinajstić information content (AvgIpc) is 1.61. The summed E-state index contributed by atoms with van der Waals surface area (Å²) in [6.45, 7) is 0. The summed E-state index contributed by atoms with van der Waals surface area (Å²) in [6, 6.07) is 0. The topological polar surface area (TPSA) is 0 Å². The highest BCUT2D eigenvalue weighted by molar-refractivity contribution is 14.1. The molecule has 0 saturated carbocycles. The van der Waals surface area contributed by atoms with Crippen LogP contribution >= 0.6 is 45.2 Å². The maximum Gasteiger partial charge on any atom is -0.000446 e. The summed E-state index contributed by atoms with van der Waals surface area (Å²) in [6.07, 6.45) is 2.78. The first-order valence-electron chi connectivity index (χ1n) is 2.03. The van der Waals surface area contributed by atoms with Gasteiger partial charge in [0.25, 0.3) is 0 Å². The molecule has 0 nitrogen and oxygen atoms in total. The summed E-state index contributed by atoms with van der Waals surface area (Å²) in [5.41, 5.74) is 0. The molecule has 0 aromatic carbocycles. The van der Waals surface area contributed by atoms with Gasteiger partial charge in [0.05, 0.1) is 0 Å². The Bertz CT molecular complexity index is 17.5. The molecule has 0 heterocycles. The van der Waals surface area contributed by atoms with Crippen molar-refractivity contribution in [2.24, 2.45) is 0 Å². The van der Waals surface area contributed by atoms with Crippen LogP contribution in [-0.2, 0) is 0 Å². The third kappa shape index (κ3) is 5.46. The zero-order valence-corrected chi connectivity index (χ0v) is 7.90. The van der Waals surface area contributed by atoms with E-state index < -0.39 is 0 Å². The van der Waals surface area contributed by atoms with Crippen molar-refractivity contribution in [2.45, 2.75) is 12.8 Å². The fraction of sp³-hybridized carbons (Fsp3) is 1.00. The molecule has 0 N–H and O–H groups in total. The zero-order chi connectivity index (χ0) is 4.83. The van der Waals surface area contributed by atoms with Gasteiger partial charge in [0, 0.05) is 0 Å². The number of hydrogen-bond acceptors (Lipinski definition) is 0. The van der Waals surface area contributed by atoms with Crippen LogP contribution in [0.25, 0.3) is 0 Å². The van der Waals surface area contributed by atoms with E-state index >= 15 is 0 Å². The van der Waals surface area contributed by atoms with E-state index in [4.69, 9.17) is 0 Å². The van der Waals surface area contributed by atoms with Gasteiger partial charge >= 0.3 is 0 Å². The zero-order valence-electron chi connectivity index (χ0n) is 3.58. The Morgan fingerprint density at radius 1 is 0.833 bits per heavy atom. The van der Waals surface area contributed by atoms with Crippen molar-refractivity contribution < 1.29 is 0 Å². The lowest BCUT2D eigenvalue weighted by molar-refractivity contribution is 0.931. The Morgan fingerprint density at radius 2 is 1.17 bits per heavy atom. The molecule has 0 aliphatic rings. The smallest absolute Gasteiger partial charge is 0.000446 e. The average molecular weight is 314 g/mol. The van der Waals surface area contributed by atoms with E-state index in [1.807, 2.05) is 0 Å². The number of halogens is 2. The molecule has 0 bridgehead atoms. The van der Waals surface area contributed by atoms with Crippen LogP contribution in [0.5, 0.6) is 0 Å². The molecule has 0 atom stereocenters. The number of hydrogen-bond donors (Lipinski definition) is 0. The molecule has 6 heavy (non-hydrogen) atoms. The van der Waals surface area contributed by atoms with Gasteiger partial charge in [-0.15, -0.1) is 0 Å². The van der Waals surface area contributed by atoms with E-state index in [9.17, 15) is 0 Å². The van der Waals surface area contributed by atoms with Crippen LogP contribution in [0.3, 0.4) is 0 Å². The van der Waals surface area contributed by atoms with Crippen LogP contribution in [0.2, 0.25) is 0 Å². The van der Waals surface area contributed by atoms with E-state index in [1.165, 1.54) is 21.7 Å². The number of unbranched alkanes of at least 4 members (excludes halogenated alkanes) is 1. The second-order valence-electron chi connectivity index (χ2n) is 1.09.